The number of aromatic nitrogens is 7. The van der Waals surface area contributed by atoms with Crippen molar-refractivity contribution in [2.45, 2.75) is 26.4 Å². The smallest absolute Gasteiger partial charge is 0.251 e. The van der Waals surface area contributed by atoms with Crippen LogP contribution in [0.25, 0.3) is 11.4 Å². The molecule has 0 aliphatic heterocycles. The van der Waals surface area contributed by atoms with Crippen LogP contribution in [-0.2, 0) is 13.1 Å². The predicted molar refractivity (Wildman–Crippen MR) is 81.1 cm³/mol. The van der Waals surface area contributed by atoms with Gasteiger partial charge in [-0.2, -0.15) is 10.3 Å². The second kappa shape index (κ2) is 6.77. The van der Waals surface area contributed by atoms with Gasteiger partial charge in [0.15, 0.2) is 11.6 Å². The molecule has 0 spiro atoms. The van der Waals surface area contributed by atoms with Gasteiger partial charge in [0.2, 0.25) is 0 Å². The monoisotopic (exact) mass is 312 g/mol. The molecule has 0 aliphatic carbocycles. The van der Waals surface area contributed by atoms with Crippen LogP contribution in [0.5, 0.6) is 0 Å². The van der Waals surface area contributed by atoms with Crippen molar-refractivity contribution in [3.8, 4) is 11.4 Å². The second-order valence-electron chi connectivity index (χ2n) is 4.90. The summed E-state index contributed by atoms with van der Waals surface area (Å²) in [7, 11) is 0. The Labute approximate surface area is 132 Å². The summed E-state index contributed by atoms with van der Waals surface area (Å²) in [5, 5.41) is 20.3. The minimum atomic E-state index is -0.210. The van der Waals surface area contributed by atoms with Crippen LogP contribution in [0.15, 0.2) is 30.6 Å². The van der Waals surface area contributed by atoms with Crippen LogP contribution in [0, 0.1) is 0 Å². The highest BCUT2D eigenvalue weighted by Gasteiger charge is 2.11. The minimum absolute atomic E-state index is 0.210. The number of benzene rings is 1. The lowest BCUT2D eigenvalue weighted by Gasteiger charge is -2.07. The van der Waals surface area contributed by atoms with Gasteiger partial charge in [0.1, 0.15) is 6.33 Å². The number of nitrogens with zero attached hydrogens (tertiary/aromatic N) is 6. The standard InChI is InChI=1S/C14H16N8O/c1-2-6-22-13(16-9-17-22)10-4-3-5-11(7-10)14(23)15-8-12-18-20-21-19-12/h3-5,7,9H,2,6,8H2,1H3,(H,15,23)(H,18,19,20,21). The number of rotatable bonds is 6. The van der Waals surface area contributed by atoms with Gasteiger partial charge in [0.05, 0.1) is 6.54 Å². The molecule has 23 heavy (non-hydrogen) atoms. The van der Waals surface area contributed by atoms with Crippen LogP contribution < -0.4 is 5.32 Å². The van der Waals surface area contributed by atoms with Crippen molar-refractivity contribution < 1.29 is 4.79 Å². The fourth-order valence-corrected chi connectivity index (χ4v) is 2.18. The number of H-pyrrole nitrogens is 1. The number of aromatic amines is 1. The SMILES string of the molecule is CCCn1ncnc1-c1cccc(C(=O)NCc2nn[nH]n2)c1. The Morgan fingerprint density at radius 1 is 1.39 bits per heavy atom. The van der Waals surface area contributed by atoms with Crippen LogP contribution in [-0.4, -0.2) is 41.3 Å². The Kier molecular flexibility index (Phi) is 4.37. The topological polar surface area (TPSA) is 114 Å². The van der Waals surface area contributed by atoms with Gasteiger partial charge >= 0.3 is 0 Å². The Bertz CT molecular complexity index is 780. The van der Waals surface area contributed by atoms with Crippen molar-refractivity contribution in [2.24, 2.45) is 0 Å². The summed E-state index contributed by atoms with van der Waals surface area (Å²) in [6.07, 6.45) is 2.48. The van der Waals surface area contributed by atoms with Gasteiger partial charge in [-0.3, -0.25) is 4.79 Å². The zero-order valence-electron chi connectivity index (χ0n) is 12.6. The maximum atomic E-state index is 12.2. The fraction of sp³-hybridized carbons (Fsp3) is 0.286. The van der Waals surface area contributed by atoms with E-state index in [9.17, 15) is 4.79 Å². The summed E-state index contributed by atoms with van der Waals surface area (Å²) in [6, 6.07) is 7.27. The molecule has 118 valence electrons. The van der Waals surface area contributed by atoms with Gasteiger partial charge < -0.3 is 5.32 Å². The van der Waals surface area contributed by atoms with Crippen LogP contribution in [0.1, 0.15) is 29.5 Å². The molecule has 9 nitrogen and oxygen atoms in total. The first-order chi connectivity index (χ1) is 11.3. The van der Waals surface area contributed by atoms with Crippen LogP contribution in [0.2, 0.25) is 0 Å². The highest BCUT2D eigenvalue weighted by molar-refractivity contribution is 5.95. The van der Waals surface area contributed by atoms with Crippen molar-refractivity contribution in [3.05, 3.63) is 42.0 Å². The molecule has 0 bridgehead atoms. The van der Waals surface area contributed by atoms with Crippen molar-refractivity contribution in [1.82, 2.24) is 40.7 Å². The van der Waals surface area contributed by atoms with Crippen LogP contribution in [0.4, 0.5) is 0 Å². The fourth-order valence-electron chi connectivity index (χ4n) is 2.18. The van der Waals surface area contributed by atoms with E-state index >= 15 is 0 Å². The summed E-state index contributed by atoms with van der Waals surface area (Å²) >= 11 is 0. The molecule has 0 fully saturated rings. The molecule has 2 aromatic heterocycles. The lowest BCUT2D eigenvalue weighted by atomic mass is 10.1. The summed E-state index contributed by atoms with van der Waals surface area (Å²) in [5.74, 6) is 0.968. The molecule has 0 atom stereocenters. The van der Waals surface area contributed by atoms with E-state index in [1.54, 1.807) is 12.1 Å². The summed E-state index contributed by atoms with van der Waals surface area (Å²) in [6.45, 7) is 3.07. The molecule has 3 rings (SSSR count). The molecular weight excluding hydrogens is 296 g/mol. The first kappa shape index (κ1) is 14.8. The summed E-state index contributed by atoms with van der Waals surface area (Å²) in [4.78, 5) is 16.5. The number of amides is 1. The van der Waals surface area contributed by atoms with Crippen molar-refractivity contribution in [2.75, 3.05) is 0 Å². The Morgan fingerprint density at radius 3 is 3.09 bits per heavy atom. The van der Waals surface area contributed by atoms with E-state index in [4.69, 9.17) is 0 Å². The average Bonchev–Trinajstić information content (AvgIpc) is 3.24. The molecule has 1 amide bonds. The third-order valence-corrected chi connectivity index (χ3v) is 3.23. The molecule has 0 radical (unpaired) electrons. The lowest BCUT2D eigenvalue weighted by Crippen LogP contribution is -2.23. The minimum Gasteiger partial charge on any atom is -0.345 e. The predicted octanol–water partition coefficient (Wildman–Crippen LogP) is 0.798. The molecule has 0 aliphatic rings. The zero-order chi connectivity index (χ0) is 16.1. The van der Waals surface area contributed by atoms with E-state index in [1.807, 2.05) is 16.8 Å². The van der Waals surface area contributed by atoms with Crippen molar-refractivity contribution >= 4 is 5.91 Å². The van der Waals surface area contributed by atoms with E-state index in [-0.39, 0.29) is 12.5 Å². The molecule has 2 heterocycles. The highest BCUT2D eigenvalue weighted by atomic mass is 16.1. The van der Waals surface area contributed by atoms with E-state index in [0.717, 1.165) is 24.4 Å². The van der Waals surface area contributed by atoms with Gasteiger partial charge in [0.25, 0.3) is 5.91 Å². The quantitative estimate of drug-likeness (QED) is 0.695. The van der Waals surface area contributed by atoms with E-state index in [2.05, 4.69) is 42.9 Å². The maximum absolute atomic E-state index is 12.2. The Hall–Kier alpha value is -3.10. The largest absolute Gasteiger partial charge is 0.345 e. The second-order valence-corrected chi connectivity index (χ2v) is 4.90. The Morgan fingerprint density at radius 2 is 2.30 bits per heavy atom. The number of hydrogen-bond acceptors (Lipinski definition) is 6. The number of carbonyl (C=O) groups excluding carboxylic acids is 1. The molecular formula is C14H16N8O. The molecule has 0 unspecified atom stereocenters. The van der Waals surface area contributed by atoms with Gasteiger partial charge in [-0.25, -0.2) is 9.67 Å². The van der Waals surface area contributed by atoms with Crippen LogP contribution >= 0.6 is 0 Å². The number of nitrogens with one attached hydrogen (secondary N) is 2. The Balaban J connectivity index is 1.76. The molecule has 9 heteroatoms. The van der Waals surface area contributed by atoms with E-state index in [0.29, 0.717) is 11.4 Å². The average molecular weight is 312 g/mol. The van der Waals surface area contributed by atoms with Crippen molar-refractivity contribution in [1.29, 1.82) is 0 Å². The lowest BCUT2D eigenvalue weighted by molar-refractivity contribution is 0.0950. The van der Waals surface area contributed by atoms with Crippen LogP contribution in [0.3, 0.4) is 0 Å². The number of hydrogen-bond donors (Lipinski definition) is 2. The number of carbonyl (C=O) groups is 1. The number of aryl methyl sites for hydroxylation is 1. The molecule has 0 saturated carbocycles. The summed E-state index contributed by atoms with van der Waals surface area (Å²) in [5.41, 5.74) is 1.39. The molecule has 1 aromatic carbocycles. The molecule has 2 N–H and O–H groups in total. The van der Waals surface area contributed by atoms with Crippen molar-refractivity contribution in [3.63, 3.8) is 0 Å². The molecule has 3 aromatic rings. The zero-order valence-corrected chi connectivity index (χ0v) is 12.6. The maximum Gasteiger partial charge on any atom is 0.251 e. The van der Waals surface area contributed by atoms with Gasteiger partial charge in [-0.05, 0) is 18.6 Å². The van der Waals surface area contributed by atoms with E-state index in [1.165, 1.54) is 6.33 Å². The third kappa shape index (κ3) is 3.39. The third-order valence-electron chi connectivity index (χ3n) is 3.23. The first-order valence-corrected chi connectivity index (χ1v) is 7.26. The van der Waals surface area contributed by atoms with E-state index < -0.39 is 0 Å². The van der Waals surface area contributed by atoms with Gasteiger partial charge in [0, 0.05) is 17.7 Å². The molecule has 0 saturated heterocycles. The first-order valence-electron chi connectivity index (χ1n) is 7.26. The highest BCUT2D eigenvalue weighted by Crippen LogP contribution is 2.18. The number of tetrazole rings is 1. The van der Waals surface area contributed by atoms with Gasteiger partial charge in [-0.1, -0.05) is 24.3 Å². The van der Waals surface area contributed by atoms with Gasteiger partial charge in [-0.15, -0.1) is 10.2 Å². The normalized spacial score (nSPS) is 10.7. The summed E-state index contributed by atoms with van der Waals surface area (Å²) < 4.78 is 1.83.